The molecule has 0 bridgehead atoms. The van der Waals surface area contributed by atoms with Gasteiger partial charge in [-0.2, -0.15) is 0 Å². The monoisotopic (exact) mass is 326 g/mol. The number of nitrogens with one attached hydrogen (secondary N) is 1. The van der Waals surface area contributed by atoms with Crippen LogP contribution in [0.4, 0.5) is 0 Å². The van der Waals surface area contributed by atoms with Crippen LogP contribution < -0.4 is 25.0 Å². The van der Waals surface area contributed by atoms with Crippen LogP contribution in [0.2, 0.25) is 0 Å². The Hall–Kier alpha value is 0.360. The third-order valence-corrected chi connectivity index (χ3v) is 3.74. The summed E-state index contributed by atoms with van der Waals surface area (Å²) in [4.78, 5) is 12.9. The summed E-state index contributed by atoms with van der Waals surface area (Å²) in [5.41, 5.74) is 0. The number of unbranched alkanes of at least 4 members (excludes halogenated alkanes) is 6. The summed E-state index contributed by atoms with van der Waals surface area (Å²) in [7, 11) is 0. The third kappa shape index (κ3) is 14.4. The zero-order valence-electron chi connectivity index (χ0n) is 10.2. The molecular formula is C12H25INO-. The number of hydrogen-bond donors (Lipinski definition) is 1. The van der Waals surface area contributed by atoms with Crippen molar-refractivity contribution in [1.29, 1.82) is 0 Å². The second kappa shape index (κ2) is 12.4. The summed E-state index contributed by atoms with van der Waals surface area (Å²) in [6.07, 6.45) is 9.83. The molecule has 92 valence electrons. The molecular weight excluding hydrogens is 301 g/mol. The Balaban J connectivity index is 2.89. The first kappa shape index (κ1) is 15.4. The summed E-state index contributed by atoms with van der Waals surface area (Å²) >= 11 is 0.285. The summed E-state index contributed by atoms with van der Waals surface area (Å²) in [5, 5.41) is 0. The Bertz CT molecular complexity index is 151. The fourth-order valence-corrected chi connectivity index (χ4v) is 2.46. The van der Waals surface area contributed by atoms with Gasteiger partial charge in [0, 0.05) is 0 Å². The first-order valence-electron chi connectivity index (χ1n) is 5.98. The van der Waals surface area contributed by atoms with E-state index in [1.807, 2.05) is 0 Å². The number of Topliss-reactive ketones (excluding diaryl/α,β-unsaturated/α-hetero) is 1. The van der Waals surface area contributed by atoms with Crippen LogP contribution in [0.15, 0.2) is 0 Å². The maximum atomic E-state index is 10.7. The van der Waals surface area contributed by atoms with Gasteiger partial charge in [-0.1, -0.05) is 0 Å². The molecule has 0 heterocycles. The van der Waals surface area contributed by atoms with Gasteiger partial charge < -0.3 is 0 Å². The van der Waals surface area contributed by atoms with E-state index in [0.717, 1.165) is 12.8 Å². The second-order valence-electron chi connectivity index (χ2n) is 4.00. The number of carbonyl (C=O) groups is 1. The van der Waals surface area contributed by atoms with Gasteiger partial charge in [-0.25, -0.2) is 0 Å². The fourth-order valence-electron chi connectivity index (χ4n) is 1.54. The fraction of sp³-hybridized carbons (Fsp3) is 0.917. The Morgan fingerprint density at radius 1 is 1.00 bits per heavy atom. The minimum atomic E-state index is 0.285. The van der Waals surface area contributed by atoms with Crippen LogP contribution in [-0.2, 0) is 4.79 Å². The van der Waals surface area contributed by atoms with Crippen molar-refractivity contribution in [3.63, 3.8) is 0 Å². The van der Waals surface area contributed by atoms with E-state index in [1.54, 1.807) is 6.92 Å². The Morgan fingerprint density at radius 3 is 2.07 bits per heavy atom. The van der Waals surface area contributed by atoms with E-state index in [2.05, 4.69) is 8.46 Å². The average molecular weight is 326 g/mol. The Labute approximate surface area is 105 Å². The van der Waals surface area contributed by atoms with Gasteiger partial charge in [0.25, 0.3) is 0 Å². The normalized spacial score (nSPS) is 10.8. The second-order valence-corrected chi connectivity index (χ2v) is 5.84. The van der Waals surface area contributed by atoms with E-state index >= 15 is 0 Å². The SMILES string of the molecule is C[I-]NCCCCCCCCCC(C)=O. The van der Waals surface area contributed by atoms with Gasteiger partial charge in [-0.15, -0.1) is 0 Å². The topological polar surface area (TPSA) is 29.1 Å². The summed E-state index contributed by atoms with van der Waals surface area (Å²) in [6.45, 7) is 2.90. The van der Waals surface area contributed by atoms with Gasteiger partial charge in [0.2, 0.25) is 0 Å². The van der Waals surface area contributed by atoms with Crippen LogP contribution in [-0.4, -0.2) is 17.3 Å². The zero-order valence-corrected chi connectivity index (χ0v) is 12.3. The predicted octanol–water partition coefficient (Wildman–Crippen LogP) is -0.0804. The van der Waals surface area contributed by atoms with Crippen molar-refractivity contribution in [2.24, 2.45) is 0 Å². The summed E-state index contributed by atoms with van der Waals surface area (Å²) < 4.78 is 3.44. The number of carbonyl (C=O) groups excluding carboxylic acids is 1. The average Bonchev–Trinajstić information content (AvgIpc) is 2.20. The van der Waals surface area contributed by atoms with Crippen LogP contribution in [0, 0.1) is 0 Å². The summed E-state index contributed by atoms with van der Waals surface area (Å²) in [6, 6.07) is 0. The molecule has 0 aromatic rings. The van der Waals surface area contributed by atoms with Crippen LogP contribution >= 0.6 is 0 Å². The first-order chi connectivity index (χ1) is 7.27. The molecule has 0 amide bonds. The quantitative estimate of drug-likeness (QED) is 0.249. The van der Waals surface area contributed by atoms with E-state index in [1.165, 1.54) is 45.1 Å². The standard InChI is InChI=1S/C12H25INO/c1-12(15)10-8-6-4-3-5-7-9-11-14-13-2/h14H,3-11H2,1-2H3/q-1. The zero-order chi connectivity index (χ0) is 11.4. The van der Waals surface area contributed by atoms with Crippen molar-refractivity contribution < 1.29 is 26.3 Å². The molecule has 0 aliphatic heterocycles. The van der Waals surface area contributed by atoms with Gasteiger partial charge >= 0.3 is 105 Å². The van der Waals surface area contributed by atoms with Crippen molar-refractivity contribution in [3.8, 4) is 0 Å². The first-order valence-corrected chi connectivity index (χ1v) is 9.21. The number of ketones is 1. The Kier molecular flexibility index (Phi) is 12.7. The van der Waals surface area contributed by atoms with Crippen molar-refractivity contribution in [3.05, 3.63) is 0 Å². The number of hydrogen-bond acceptors (Lipinski definition) is 2. The molecule has 0 radical (unpaired) electrons. The third-order valence-electron chi connectivity index (χ3n) is 2.43. The van der Waals surface area contributed by atoms with Gasteiger partial charge in [0.1, 0.15) is 0 Å². The van der Waals surface area contributed by atoms with E-state index in [-0.39, 0.29) is 21.5 Å². The maximum absolute atomic E-state index is 10.7. The van der Waals surface area contributed by atoms with Crippen molar-refractivity contribution >= 4 is 5.78 Å². The molecule has 0 saturated carbocycles. The molecule has 1 N–H and O–H groups in total. The van der Waals surface area contributed by atoms with Gasteiger partial charge in [0.05, 0.1) is 0 Å². The molecule has 0 spiro atoms. The molecule has 0 aromatic carbocycles. The molecule has 0 atom stereocenters. The molecule has 0 rings (SSSR count). The molecule has 0 fully saturated rings. The number of halogens is 1. The molecule has 0 unspecified atom stereocenters. The molecule has 15 heavy (non-hydrogen) atoms. The molecule has 0 aliphatic carbocycles. The molecule has 0 saturated heterocycles. The van der Waals surface area contributed by atoms with Gasteiger partial charge in [-0.05, 0) is 0 Å². The van der Waals surface area contributed by atoms with E-state index < -0.39 is 0 Å². The molecule has 2 nitrogen and oxygen atoms in total. The molecule has 0 aromatic heterocycles. The van der Waals surface area contributed by atoms with Crippen LogP contribution in [0.3, 0.4) is 0 Å². The van der Waals surface area contributed by atoms with Crippen LogP contribution in [0.1, 0.15) is 58.3 Å². The Morgan fingerprint density at radius 2 is 1.53 bits per heavy atom. The molecule has 0 aliphatic rings. The number of rotatable bonds is 11. The summed E-state index contributed by atoms with van der Waals surface area (Å²) in [5.74, 6) is 0.337. The van der Waals surface area contributed by atoms with Gasteiger partial charge in [-0.3, -0.25) is 0 Å². The minimum absolute atomic E-state index is 0.285. The number of alkyl halides is 1. The molecule has 3 heteroatoms. The predicted molar refractivity (Wildman–Crippen MR) is 61.5 cm³/mol. The van der Waals surface area contributed by atoms with Crippen molar-refractivity contribution in [2.45, 2.75) is 58.3 Å². The van der Waals surface area contributed by atoms with E-state index in [0.29, 0.717) is 5.78 Å². The van der Waals surface area contributed by atoms with E-state index in [4.69, 9.17) is 0 Å². The van der Waals surface area contributed by atoms with Crippen LogP contribution in [0.5, 0.6) is 0 Å². The van der Waals surface area contributed by atoms with Crippen LogP contribution in [0.25, 0.3) is 0 Å². The van der Waals surface area contributed by atoms with Gasteiger partial charge in [0.15, 0.2) is 0 Å². The van der Waals surface area contributed by atoms with E-state index in [9.17, 15) is 4.79 Å². The van der Waals surface area contributed by atoms with Crippen molar-refractivity contribution in [1.82, 2.24) is 3.53 Å². The van der Waals surface area contributed by atoms with Crippen molar-refractivity contribution in [2.75, 3.05) is 11.5 Å².